The van der Waals surface area contributed by atoms with E-state index in [0.717, 1.165) is 11.1 Å². The molecule has 0 saturated carbocycles. The highest BCUT2D eigenvalue weighted by atomic mass is 35.5. The summed E-state index contributed by atoms with van der Waals surface area (Å²) in [6.07, 6.45) is 3.32. The molecule has 3 heterocycles. The van der Waals surface area contributed by atoms with Crippen LogP contribution in [0.25, 0.3) is 5.57 Å². The average Bonchev–Trinajstić information content (AvgIpc) is 2.72. The molecule has 0 N–H and O–H groups in total. The van der Waals surface area contributed by atoms with E-state index >= 15 is 0 Å². The van der Waals surface area contributed by atoms with Gasteiger partial charge in [-0.25, -0.2) is 4.79 Å². The van der Waals surface area contributed by atoms with E-state index in [1.54, 1.807) is 17.0 Å². The summed E-state index contributed by atoms with van der Waals surface area (Å²) in [5.41, 5.74) is 2.34. The normalized spacial score (nSPS) is 18.5. The molecule has 1 aromatic carbocycles. The molecule has 168 valence electrons. The van der Waals surface area contributed by atoms with Crippen LogP contribution in [0.5, 0.6) is 5.75 Å². The Morgan fingerprint density at radius 2 is 2.00 bits per heavy atom. The number of benzene rings is 1. The zero-order valence-electron chi connectivity index (χ0n) is 18.2. The standard InChI is InChI=1S/C24H24Cl2N2O4/c1-24(2,3)32-23(30)28-9-7-14(8-10-28)16-5-4-6-17-19(29)12-20(31-22(16)17)21-18(26)11-15(25)13-27-21/h4-7,11,13,20H,8-10,12H2,1-3H3. The third kappa shape index (κ3) is 4.76. The Hall–Kier alpha value is -2.57. The summed E-state index contributed by atoms with van der Waals surface area (Å²) >= 11 is 12.3. The van der Waals surface area contributed by atoms with E-state index in [9.17, 15) is 9.59 Å². The summed E-state index contributed by atoms with van der Waals surface area (Å²) in [6, 6.07) is 7.14. The first-order valence-corrected chi connectivity index (χ1v) is 11.2. The average molecular weight is 475 g/mol. The molecule has 1 amide bonds. The lowest BCUT2D eigenvalue weighted by molar-refractivity contribution is 0.0270. The van der Waals surface area contributed by atoms with Gasteiger partial charge in [0.05, 0.1) is 27.7 Å². The molecule has 1 unspecified atom stereocenters. The second-order valence-electron chi connectivity index (χ2n) is 8.84. The van der Waals surface area contributed by atoms with Crippen molar-refractivity contribution in [1.82, 2.24) is 9.88 Å². The first-order valence-electron chi connectivity index (χ1n) is 10.4. The minimum Gasteiger partial charge on any atom is -0.482 e. The third-order valence-electron chi connectivity index (χ3n) is 5.29. The van der Waals surface area contributed by atoms with Gasteiger partial charge in [-0.1, -0.05) is 41.4 Å². The highest BCUT2D eigenvalue weighted by molar-refractivity contribution is 6.34. The van der Waals surface area contributed by atoms with Crippen molar-refractivity contribution in [2.24, 2.45) is 0 Å². The number of ether oxygens (including phenoxy) is 2. The van der Waals surface area contributed by atoms with Crippen LogP contribution in [-0.4, -0.2) is 40.5 Å². The van der Waals surface area contributed by atoms with E-state index in [2.05, 4.69) is 4.98 Å². The molecular weight excluding hydrogens is 451 g/mol. The lowest BCUT2D eigenvalue weighted by Crippen LogP contribution is -2.39. The number of nitrogens with zero attached hydrogens (tertiary/aromatic N) is 2. The first-order chi connectivity index (χ1) is 15.1. The second-order valence-corrected chi connectivity index (χ2v) is 9.69. The summed E-state index contributed by atoms with van der Waals surface area (Å²) in [7, 11) is 0. The van der Waals surface area contributed by atoms with E-state index in [1.807, 2.05) is 39.0 Å². The topological polar surface area (TPSA) is 68.7 Å². The maximum absolute atomic E-state index is 12.9. The molecule has 8 heteroatoms. The van der Waals surface area contributed by atoms with E-state index in [0.29, 0.717) is 46.6 Å². The largest absolute Gasteiger partial charge is 0.482 e. The Balaban J connectivity index is 1.60. The molecule has 0 bridgehead atoms. The van der Waals surface area contributed by atoms with Crippen LogP contribution in [0.1, 0.15) is 61.3 Å². The molecule has 2 aliphatic heterocycles. The maximum Gasteiger partial charge on any atom is 0.410 e. The Morgan fingerprint density at radius 3 is 2.66 bits per heavy atom. The molecular formula is C24H24Cl2N2O4. The molecule has 0 radical (unpaired) electrons. The molecule has 6 nitrogen and oxygen atoms in total. The lowest BCUT2D eigenvalue weighted by atomic mass is 9.91. The van der Waals surface area contributed by atoms with Crippen LogP contribution in [-0.2, 0) is 4.74 Å². The zero-order chi connectivity index (χ0) is 23.0. The SMILES string of the molecule is CC(C)(C)OC(=O)N1CC=C(c2cccc3c2OC(c2ncc(Cl)cc2Cl)CC3=O)CC1. The van der Waals surface area contributed by atoms with Gasteiger partial charge in [-0.15, -0.1) is 0 Å². The number of carbonyl (C=O) groups excluding carboxylic acids is 2. The monoisotopic (exact) mass is 474 g/mol. The fraction of sp³-hybridized carbons (Fsp3) is 0.375. The van der Waals surface area contributed by atoms with Crippen LogP contribution in [0.3, 0.4) is 0 Å². The predicted octanol–water partition coefficient (Wildman–Crippen LogP) is 6.12. The van der Waals surface area contributed by atoms with Gasteiger partial charge in [0.1, 0.15) is 17.5 Å². The number of halogens is 2. The van der Waals surface area contributed by atoms with Crippen LogP contribution >= 0.6 is 23.2 Å². The molecule has 0 fully saturated rings. The Kier molecular flexibility index (Phi) is 6.19. The van der Waals surface area contributed by atoms with E-state index < -0.39 is 11.7 Å². The van der Waals surface area contributed by atoms with E-state index in [-0.39, 0.29) is 18.3 Å². The van der Waals surface area contributed by atoms with Crippen molar-refractivity contribution in [2.75, 3.05) is 13.1 Å². The lowest BCUT2D eigenvalue weighted by Gasteiger charge is -2.31. The number of rotatable bonds is 2. The summed E-state index contributed by atoms with van der Waals surface area (Å²) in [4.78, 5) is 31.2. The minimum absolute atomic E-state index is 0.0299. The number of carbonyl (C=O) groups is 2. The van der Waals surface area contributed by atoms with Crippen LogP contribution in [0.4, 0.5) is 4.79 Å². The molecule has 4 rings (SSSR count). The molecule has 0 spiro atoms. The van der Waals surface area contributed by atoms with Gasteiger partial charge in [0.15, 0.2) is 5.78 Å². The number of amides is 1. The van der Waals surface area contributed by atoms with Crippen molar-refractivity contribution in [3.8, 4) is 5.75 Å². The second kappa shape index (κ2) is 8.75. The van der Waals surface area contributed by atoms with Gasteiger partial charge >= 0.3 is 6.09 Å². The van der Waals surface area contributed by atoms with Crippen molar-refractivity contribution in [3.05, 3.63) is 63.4 Å². The Bertz CT molecular complexity index is 1110. The van der Waals surface area contributed by atoms with Gasteiger partial charge in [0.2, 0.25) is 0 Å². The molecule has 2 aromatic rings. The summed E-state index contributed by atoms with van der Waals surface area (Å²) in [5, 5.41) is 0.782. The highest BCUT2D eigenvalue weighted by Gasteiger charge is 2.33. The number of fused-ring (bicyclic) bond motifs is 1. The van der Waals surface area contributed by atoms with Crippen LogP contribution in [0, 0.1) is 0 Å². The number of aromatic nitrogens is 1. The van der Waals surface area contributed by atoms with Gasteiger partial charge in [-0.3, -0.25) is 9.78 Å². The number of hydrogen-bond acceptors (Lipinski definition) is 5. The predicted molar refractivity (Wildman–Crippen MR) is 123 cm³/mol. The summed E-state index contributed by atoms with van der Waals surface area (Å²) in [5.74, 6) is 0.497. The number of pyridine rings is 1. The summed E-state index contributed by atoms with van der Waals surface area (Å²) < 4.78 is 11.7. The molecule has 2 aliphatic rings. The van der Waals surface area contributed by atoms with Crippen molar-refractivity contribution >= 4 is 40.7 Å². The number of hydrogen-bond donors (Lipinski definition) is 0. The van der Waals surface area contributed by atoms with Crippen LogP contribution in [0.15, 0.2) is 36.5 Å². The number of para-hydroxylation sites is 1. The van der Waals surface area contributed by atoms with Gasteiger partial charge < -0.3 is 14.4 Å². The Labute approximate surface area is 197 Å². The van der Waals surface area contributed by atoms with Crippen molar-refractivity contribution in [2.45, 2.75) is 45.3 Å². The Morgan fingerprint density at radius 1 is 1.25 bits per heavy atom. The van der Waals surface area contributed by atoms with Crippen molar-refractivity contribution in [3.63, 3.8) is 0 Å². The van der Waals surface area contributed by atoms with Gasteiger partial charge in [0.25, 0.3) is 0 Å². The zero-order valence-corrected chi connectivity index (χ0v) is 19.7. The number of Topliss-reactive ketones (excluding diaryl/α,β-unsaturated/α-hetero) is 1. The minimum atomic E-state index is -0.594. The molecule has 1 aromatic heterocycles. The van der Waals surface area contributed by atoms with E-state index in [4.69, 9.17) is 32.7 Å². The van der Waals surface area contributed by atoms with Crippen LogP contribution in [0.2, 0.25) is 10.0 Å². The molecule has 0 aliphatic carbocycles. The third-order valence-corrected chi connectivity index (χ3v) is 5.80. The van der Waals surface area contributed by atoms with E-state index in [1.165, 1.54) is 6.20 Å². The summed E-state index contributed by atoms with van der Waals surface area (Å²) in [6.45, 7) is 6.49. The first kappa shape index (κ1) is 22.6. The fourth-order valence-electron chi connectivity index (χ4n) is 3.82. The van der Waals surface area contributed by atoms with Gasteiger partial charge in [-0.2, -0.15) is 0 Å². The fourth-order valence-corrected chi connectivity index (χ4v) is 4.32. The maximum atomic E-state index is 12.9. The smallest absolute Gasteiger partial charge is 0.410 e. The van der Waals surface area contributed by atoms with Gasteiger partial charge in [0, 0.05) is 24.8 Å². The van der Waals surface area contributed by atoms with Crippen molar-refractivity contribution in [1.29, 1.82) is 0 Å². The number of ketones is 1. The molecule has 32 heavy (non-hydrogen) atoms. The van der Waals surface area contributed by atoms with Crippen molar-refractivity contribution < 1.29 is 19.1 Å². The van der Waals surface area contributed by atoms with Gasteiger partial charge in [-0.05, 0) is 44.9 Å². The van der Waals surface area contributed by atoms with Crippen LogP contribution < -0.4 is 4.74 Å². The molecule has 1 atom stereocenters. The quantitative estimate of drug-likeness (QED) is 0.524. The highest BCUT2D eigenvalue weighted by Crippen LogP contribution is 2.42. The molecule has 0 saturated heterocycles.